The standard InChI is InChI=1S/C33H44N6O8/c34-33(35)36-14-4-7-24(32(46)47)37-29(43)27-17-21-10-13-23(41)18-26(21)39(27)31(45)25(15-19-5-2-1-3-6-19)38-30(44)28(42)16-20-8-11-22(40)12-9-20/h1-3,5-6,8-9,11-12,21,23-28,40-42H,4,7,10,13-18H2,(H,37,43)(H,38,44)(H,46,47)(H4,34,35,36)/t21-,23+,24-,25-,26-,27-,28+/m0/s1. The van der Waals surface area contributed by atoms with Crippen LogP contribution in [0.2, 0.25) is 0 Å². The molecule has 0 spiro atoms. The second kappa shape index (κ2) is 16.2. The lowest BCUT2D eigenvalue weighted by atomic mass is 9.83. The van der Waals surface area contributed by atoms with Gasteiger partial charge in [-0.2, -0.15) is 0 Å². The number of aliphatic imine (C=N–C) groups is 1. The summed E-state index contributed by atoms with van der Waals surface area (Å²) in [6.07, 6.45) is -0.286. The number of nitrogens with two attached hydrogens (primary N) is 2. The van der Waals surface area contributed by atoms with E-state index in [0.29, 0.717) is 18.4 Å². The van der Waals surface area contributed by atoms with Gasteiger partial charge in [0.15, 0.2) is 5.96 Å². The van der Waals surface area contributed by atoms with Gasteiger partial charge < -0.3 is 47.4 Å². The van der Waals surface area contributed by atoms with Gasteiger partial charge in [-0.05, 0) is 67.7 Å². The quantitative estimate of drug-likeness (QED) is 0.0758. The number of aliphatic hydroxyl groups excluding tert-OH is 2. The molecular weight excluding hydrogens is 608 g/mol. The van der Waals surface area contributed by atoms with Gasteiger partial charge in [-0.3, -0.25) is 19.4 Å². The summed E-state index contributed by atoms with van der Waals surface area (Å²) in [5.41, 5.74) is 12.0. The molecular formula is C33H44N6O8. The number of carbonyl (C=O) groups is 4. The second-order valence-electron chi connectivity index (χ2n) is 12.3. The van der Waals surface area contributed by atoms with Crippen molar-refractivity contribution in [3.63, 3.8) is 0 Å². The van der Waals surface area contributed by atoms with Crippen molar-refractivity contribution in [3.05, 3.63) is 65.7 Å². The summed E-state index contributed by atoms with van der Waals surface area (Å²) >= 11 is 0. The molecule has 1 heterocycles. The second-order valence-corrected chi connectivity index (χ2v) is 12.3. The van der Waals surface area contributed by atoms with Crippen LogP contribution in [-0.4, -0.2) is 97.9 Å². The molecule has 0 radical (unpaired) electrons. The van der Waals surface area contributed by atoms with Crippen molar-refractivity contribution in [1.82, 2.24) is 15.5 Å². The van der Waals surface area contributed by atoms with Gasteiger partial charge in [0.25, 0.3) is 0 Å². The number of nitrogens with zero attached hydrogens (tertiary/aromatic N) is 2. The molecule has 254 valence electrons. The average molecular weight is 653 g/mol. The fourth-order valence-corrected chi connectivity index (χ4v) is 6.46. The topological polar surface area (TPSA) is 241 Å². The Balaban J connectivity index is 1.57. The van der Waals surface area contributed by atoms with Crippen LogP contribution in [0.1, 0.15) is 49.7 Å². The highest BCUT2D eigenvalue weighted by Crippen LogP contribution is 2.40. The van der Waals surface area contributed by atoms with Crippen LogP contribution < -0.4 is 22.1 Å². The largest absolute Gasteiger partial charge is 0.508 e. The summed E-state index contributed by atoms with van der Waals surface area (Å²) in [6.45, 7) is 0.178. The van der Waals surface area contributed by atoms with Gasteiger partial charge in [0.05, 0.1) is 6.10 Å². The summed E-state index contributed by atoms with van der Waals surface area (Å²) in [5.74, 6) is -3.46. The molecule has 7 atom stereocenters. The number of likely N-dealkylation sites (tertiary alicyclic amines) is 1. The third-order valence-electron chi connectivity index (χ3n) is 8.83. The zero-order chi connectivity index (χ0) is 34.1. The molecule has 3 amide bonds. The summed E-state index contributed by atoms with van der Waals surface area (Å²) in [5, 5.41) is 45.9. The third-order valence-corrected chi connectivity index (χ3v) is 8.83. The maximum Gasteiger partial charge on any atom is 0.326 e. The van der Waals surface area contributed by atoms with Crippen molar-refractivity contribution in [2.45, 2.75) is 87.7 Å². The molecule has 1 aliphatic heterocycles. The minimum atomic E-state index is -1.51. The average Bonchev–Trinajstić information content (AvgIpc) is 3.41. The monoisotopic (exact) mass is 652 g/mol. The van der Waals surface area contributed by atoms with Crippen molar-refractivity contribution >= 4 is 29.7 Å². The molecule has 2 fully saturated rings. The van der Waals surface area contributed by atoms with Crippen LogP contribution in [0.5, 0.6) is 5.75 Å². The van der Waals surface area contributed by atoms with Gasteiger partial charge in [0.2, 0.25) is 17.7 Å². The number of phenols is 1. The normalized spacial score (nSPS) is 22.3. The number of phenolic OH excluding ortho intramolecular Hbond substituents is 1. The van der Waals surface area contributed by atoms with Gasteiger partial charge in [0.1, 0.15) is 30.0 Å². The fourth-order valence-electron chi connectivity index (χ4n) is 6.46. The predicted octanol–water partition coefficient (Wildman–Crippen LogP) is -0.223. The maximum absolute atomic E-state index is 14.5. The Bertz CT molecular complexity index is 1420. The van der Waals surface area contributed by atoms with Gasteiger partial charge in [0, 0.05) is 25.4 Å². The number of carboxylic acids is 1. The van der Waals surface area contributed by atoms with Crippen molar-refractivity contribution in [2.75, 3.05) is 6.54 Å². The molecule has 47 heavy (non-hydrogen) atoms. The lowest BCUT2D eigenvalue weighted by molar-refractivity contribution is -0.147. The lowest BCUT2D eigenvalue weighted by Crippen LogP contribution is -2.59. The molecule has 14 nitrogen and oxygen atoms in total. The first-order chi connectivity index (χ1) is 22.4. The molecule has 0 aromatic heterocycles. The van der Waals surface area contributed by atoms with Crippen molar-refractivity contribution < 1.29 is 39.6 Å². The predicted molar refractivity (Wildman–Crippen MR) is 172 cm³/mol. The Morgan fingerprint density at radius 2 is 1.60 bits per heavy atom. The Morgan fingerprint density at radius 3 is 2.26 bits per heavy atom. The summed E-state index contributed by atoms with van der Waals surface area (Å²) in [6, 6.07) is 11.0. The number of hydrogen-bond acceptors (Lipinski definition) is 8. The smallest absolute Gasteiger partial charge is 0.326 e. The van der Waals surface area contributed by atoms with E-state index in [0.717, 1.165) is 5.56 Å². The SMILES string of the molecule is NC(N)=NCCC[C@H](NC(=O)[C@@H]1C[C@@H]2CC[C@@H](O)C[C@@H]2N1C(=O)[C@H](Cc1ccccc1)NC(=O)[C@H](O)Cc1ccc(O)cc1)C(=O)O. The van der Waals surface area contributed by atoms with E-state index in [1.165, 1.54) is 17.0 Å². The van der Waals surface area contributed by atoms with Gasteiger partial charge >= 0.3 is 5.97 Å². The molecule has 0 bridgehead atoms. The molecule has 14 heteroatoms. The van der Waals surface area contributed by atoms with E-state index >= 15 is 0 Å². The molecule has 2 aromatic carbocycles. The zero-order valence-corrected chi connectivity index (χ0v) is 26.1. The van der Waals surface area contributed by atoms with E-state index < -0.39 is 60.1 Å². The third kappa shape index (κ3) is 9.66. The Hall–Kier alpha value is -4.69. The minimum absolute atomic E-state index is 0.0390. The number of benzene rings is 2. The van der Waals surface area contributed by atoms with Crippen LogP contribution in [0.3, 0.4) is 0 Å². The molecule has 2 aromatic rings. The summed E-state index contributed by atoms with van der Waals surface area (Å²) in [4.78, 5) is 58.8. The number of nitrogens with one attached hydrogen (secondary N) is 2. The zero-order valence-electron chi connectivity index (χ0n) is 26.1. The number of aliphatic carboxylic acids is 1. The van der Waals surface area contributed by atoms with E-state index in [1.54, 1.807) is 36.4 Å². The number of hydrogen-bond donors (Lipinski definition) is 8. The Kier molecular flexibility index (Phi) is 12.1. The van der Waals surface area contributed by atoms with Crippen molar-refractivity contribution in [1.29, 1.82) is 0 Å². The van der Waals surface area contributed by atoms with Crippen LogP contribution >= 0.6 is 0 Å². The van der Waals surface area contributed by atoms with Gasteiger partial charge in [-0.1, -0.05) is 42.5 Å². The molecule has 0 unspecified atom stereocenters. The first-order valence-corrected chi connectivity index (χ1v) is 15.8. The molecule has 1 aliphatic carbocycles. The number of rotatable bonds is 14. The van der Waals surface area contributed by atoms with Crippen molar-refractivity contribution in [2.24, 2.45) is 22.4 Å². The highest BCUT2D eigenvalue weighted by Gasteiger charge is 2.50. The highest BCUT2D eigenvalue weighted by atomic mass is 16.4. The number of carboxylic acid groups (broad SMARTS) is 1. The number of amides is 3. The molecule has 1 saturated heterocycles. The number of carbonyl (C=O) groups excluding carboxylic acids is 3. The van der Waals surface area contributed by atoms with Crippen LogP contribution in [-0.2, 0) is 32.0 Å². The van der Waals surface area contributed by atoms with Crippen LogP contribution in [0.25, 0.3) is 0 Å². The van der Waals surface area contributed by atoms with E-state index in [4.69, 9.17) is 11.5 Å². The highest BCUT2D eigenvalue weighted by molar-refractivity contribution is 5.95. The lowest BCUT2D eigenvalue weighted by Gasteiger charge is -2.37. The molecule has 2 aliphatic rings. The number of fused-ring (bicyclic) bond motifs is 1. The van der Waals surface area contributed by atoms with Crippen LogP contribution in [0, 0.1) is 5.92 Å². The van der Waals surface area contributed by atoms with E-state index in [9.17, 15) is 39.6 Å². The molecule has 10 N–H and O–H groups in total. The molecule has 1 saturated carbocycles. The van der Waals surface area contributed by atoms with E-state index in [-0.39, 0.29) is 62.7 Å². The Labute approximate surface area is 272 Å². The number of guanidine groups is 1. The van der Waals surface area contributed by atoms with Gasteiger partial charge in [-0.25, -0.2) is 4.79 Å². The number of aliphatic hydroxyl groups is 2. The fraction of sp³-hybridized carbons (Fsp3) is 0.485. The first kappa shape index (κ1) is 35.2. The summed E-state index contributed by atoms with van der Waals surface area (Å²) < 4.78 is 0. The maximum atomic E-state index is 14.5. The van der Waals surface area contributed by atoms with E-state index in [2.05, 4.69) is 15.6 Å². The van der Waals surface area contributed by atoms with E-state index in [1.807, 2.05) is 6.07 Å². The van der Waals surface area contributed by atoms with Crippen LogP contribution in [0.15, 0.2) is 59.6 Å². The van der Waals surface area contributed by atoms with Gasteiger partial charge in [-0.15, -0.1) is 0 Å². The van der Waals surface area contributed by atoms with Crippen LogP contribution in [0.4, 0.5) is 0 Å². The number of aromatic hydroxyl groups is 1. The Morgan fingerprint density at radius 1 is 0.915 bits per heavy atom. The minimum Gasteiger partial charge on any atom is -0.508 e. The van der Waals surface area contributed by atoms with Crippen molar-refractivity contribution in [3.8, 4) is 5.75 Å². The first-order valence-electron chi connectivity index (χ1n) is 15.8. The molecule has 4 rings (SSSR count). The summed E-state index contributed by atoms with van der Waals surface area (Å²) in [7, 11) is 0.